The molecule has 0 fully saturated rings. The van der Waals surface area contributed by atoms with Gasteiger partial charge >= 0.3 is 0 Å². The SMILES string of the molecule is O=C(c1scc2c1OCCO2)N1CCc2onc(-c3cccc(F)c3)c2C1. The lowest BCUT2D eigenvalue weighted by molar-refractivity contribution is 0.0725. The Morgan fingerprint density at radius 1 is 1.26 bits per heavy atom. The number of hydrogen-bond donors (Lipinski definition) is 0. The number of carbonyl (C=O) groups is 1. The van der Waals surface area contributed by atoms with Crippen LogP contribution in [0.25, 0.3) is 11.3 Å². The molecule has 0 unspecified atom stereocenters. The minimum Gasteiger partial charge on any atom is -0.485 e. The third-order valence-electron chi connectivity index (χ3n) is 4.71. The summed E-state index contributed by atoms with van der Waals surface area (Å²) in [5.41, 5.74) is 2.04. The van der Waals surface area contributed by atoms with Crippen molar-refractivity contribution >= 4 is 17.2 Å². The number of benzene rings is 1. The molecule has 4 heterocycles. The van der Waals surface area contributed by atoms with Crippen LogP contribution in [0.2, 0.25) is 0 Å². The lowest BCUT2D eigenvalue weighted by Gasteiger charge is -2.26. The van der Waals surface area contributed by atoms with E-state index >= 15 is 0 Å². The molecule has 6 nitrogen and oxygen atoms in total. The Labute approximate surface area is 158 Å². The van der Waals surface area contributed by atoms with Crippen molar-refractivity contribution < 1.29 is 23.2 Å². The van der Waals surface area contributed by atoms with E-state index in [1.54, 1.807) is 22.4 Å². The van der Waals surface area contributed by atoms with Crippen LogP contribution < -0.4 is 9.47 Å². The van der Waals surface area contributed by atoms with Crippen LogP contribution in [0.5, 0.6) is 11.5 Å². The van der Waals surface area contributed by atoms with Gasteiger partial charge in [0.2, 0.25) is 0 Å². The van der Waals surface area contributed by atoms with E-state index < -0.39 is 0 Å². The Balaban J connectivity index is 1.45. The average Bonchev–Trinajstić information content (AvgIpc) is 3.31. The molecule has 0 N–H and O–H groups in total. The van der Waals surface area contributed by atoms with Crippen molar-refractivity contribution in [3.05, 3.63) is 51.7 Å². The van der Waals surface area contributed by atoms with Crippen LogP contribution in [0.4, 0.5) is 4.39 Å². The molecule has 8 heteroatoms. The zero-order valence-electron chi connectivity index (χ0n) is 14.2. The van der Waals surface area contributed by atoms with E-state index in [0.717, 1.165) is 11.3 Å². The van der Waals surface area contributed by atoms with Crippen molar-refractivity contribution in [2.24, 2.45) is 0 Å². The van der Waals surface area contributed by atoms with Gasteiger partial charge in [-0.25, -0.2) is 4.39 Å². The summed E-state index contributed by atoms with van der Waals surface area (Å²) in [7, 11) is 0. The van der Waals surface area contributed by atoms with Crippen molar-refractivity contribution in [3.63, 3.8) is 0 Å². The molecule has 0 bridgehead atoms. The van der Waals surface area contributed by atoms with Gasteiger partial charge in [-0.3, -0.25) is 4.79 Å². The van der Waals surface area contributed by atoms with Crippen LogP contribution in [0, 0.1) is 5.82 Å². The van der Waals surface area contributed by atoms with Crippen LogP contribution >= 0.6 is 11.3 Å². The van der Waals surface area contributed by atoms with Crippen molar-refractivity contribution in [2.45, 2.75) is 13.0 Å². The Morgan fingerprint density at radius 3 is 3.04 bits per heavy atom. The highest BCUT2D eigenvalue weighted by Gasteiger charge is 2.32. The van der Waals surface area contributed by atoms with Gasteiger partial charge in [0, 0.05) is 29.5 Å². The van der Waals surface area contributed by atoms with E-state index in [0.29, 0.717) is 60.4 Å². The van der Waals surface area contributed by atoms with Crippen LogP contribution in [0.3, 0.4) is 0 Å². The van der Waals surface area contributed by atoms with E-state index in [9.17, 15) is 9.18 Å². The number of ether oxygens (including phenoxy) is 2. The van der Waals surface area contributed by atoms with E-state index in [2.05, 4.69) is 5.16 Å². The van der Waals surface area contributed by atoms with Gasteiger partial charge in [0.05, 0.1) is 6.54 Å². The second-order valence-electron chi connectivity index (χ2n) is 6.38. The van der Waals surface area contributed by atoms with Gasteiger partial charge in [-0.2, -0.15) is 0 Å². The molecule has 2 aromatic heterocycles. The summed E-state index contributed by atoms with van der Waals surface area (Å²) in [4.78, 5) is 15.3. The van der Waals surface area contributed by atoms with Gasteiger partial charge in [-0.15, -0.1) is 11.3 Å². The maximum absolute atomic E-state index is 13.6. The average molecular weight is 386 g/mol. The molecule has 1 amide bonds. The zero-order valence-corrected chi connectivity index (χ0v) is 15.1. The largest absolute Gasteiger partial charge is 0.485 e. The highest BCUT2D eigenvalue weighted by Crippen LogP contribution is 2.40. The Hall–Kier alpha value is -2.87. The van der Waals surface area contributed by atoms with E-state index in [1.165, 1.54) is 23.5 Å². The third kappa shape index (κ3) is 2.76. The Kier molecular flexibility index (Phi) is 3.86. The summed E-state index contributed by atoms with van der Waals surface area (Å²) in [5, 5.41) is 5.91. The maximum Gasteiger partial charge on any atom is 0.268 e. The number of halogens is 1. The Bertz CT molecular complexity index is 1030. The van der Waals surface area contributed by atoms with Gasteiger partial charge < -0.3 is 18.9 Å². The monoisotopic (exact) mass is 386 g/mol. The molecule has 0 radical (unpaired) electrons. The minimum atomic E-state index is -0.338. The van der Waals surface area contributed by atoms with Gasteiger partial charge in [-0.1, -0.05) is 17.3 Å². The van der Waals surface area contributed by atoms with E-state index in [4.69, 9.17) is 14.0 Å². The standard InChI is InChI=1S/C19H15FN2O4S/c20-12-3-1-2-11(8-12)16-13-9-22(5-4-14(13)26-21-16)19(23)18-17-15(10-27-18)24-6-7-25-17/h1-3,8,10H,4-7,9H2. The fourth-order valence-corrected chi connectivity index (χ4v) is 4.30. The molecule has 3 aromatic rings. The number of carbonyl (C=O) groups excluding carboxylic acids is 1. The quantitative estimate of drug-likeness (QED) is 0.674. The number of amides is 1. The Morgan fingerprint density at radius 2 is 2.15 bits per heavy atom. The molecular weight excluding hydrogens is 371 g/mol. The predicted molar refractivity (Wildman–Crippen MR) is 95.7 cm³/mol. The first kappa shape index (κ1) is 16.3. The number of nitrogens with zero attached hydrogens (tertiary/aromatic N) is 2. The molecule has 0 atom stereocenters. The summed E-state index contributed by atoms with van der Waals surface area (Å²) in [6.45, 7) is 1.81. The van der Waals surface area contributed by atoms with Crippen molar-refractivity contribution in [2.75, 3.05) is 19.8 Å². The summed E-state index contributed by atoms with van der Waals surface area (Å²) >= 11 is 1.32. The first-order valence-corrected chi connectivity index (χ1v) is 9.48. The number of fused-ring (bicyclic) bond motifs is 2. The van der Waals surface area contributed by atoms with Crippen LogP contribution in [-0.2, 0) is 13.0 Å². The highest BCUT2D eigenvalue weighted by atomic mass is 32.1. The van der Waals surface area contributed by atoms with Gasteiger partial charge in [0.25, 0.3) is 5.91 Å². The van der Waals surface area contributed by atoms with Crippen molar-refractivity contribution in [3.8, 4) is 22.8 Å². The lowest BCUT2D eigenvalue weighted by Crippen LogP contribution is -2.35. The maximum atomic E-state index is 13.6. The molecule has 138 valence electrons. The number of rotatable bonds is 2. The summed E-state index contributed by atoms with van der Waals surface area (Å²) < 4.78 is 30.2. The second kappa shape index (κ2) is 6.38. The molecule has 0 saturated carbocycles. The van der Waals surface area contributed by atoms with Gasteiger partial charge in [0.1, 0.15) is 35.4 Å². The van der Waals surface area contributed by atoms with Crippen molar-refractivity contribution in [1.82, 2.24) is 10.1 Å². The molecule has 2 aliphatic rings. The normalized spacial score (nSPS) is 15.5. The van der Waals surface area contributed by atoms with E-state index in [1.807, 2.05) is 0 Å². The summed E-state index contributed by atoms with van der Waals surface area (Å²) in [6, 6.07) is 6.21. The summed E-state index contributed by atoms with van der Waals surface area (Å²) in [6.07, 6.45) is 0.564. The van der Waals surface area contributed by atoms with Crippen LogP contribution in [0.1, 0.15) is 21.0 Å². The van der Waals surface area contributed by atoms with Crippen LogP contribution in [0.15, 0.2) is 34.2 Å². The van der Waals surface area contributed by atoms with Gasteiger partial charge in [-0.05, 0) is 12.1 Å². The molecule has 2 aliphatic heterocycles. The zero-order chi connectivity index (χ0) is 18.4. The molecule has 0 spiro atoms. The lowest BCUT2D eigenvalue weighted by atomic mass is 10.0. The van der Waals surface area contributed by atoms with Crippen LogP contribution in [-0.4, -0.2) is 35.7 Å². The number of thiophene rings is 1. The van der Waals surface area contributed by atoms with E-state index in [-0.39, 0.29) is 11.7 Å². The third-order valence-corrected chi connectivity index (χ3v) is 5.64. The molecule has 0 saturated heterocycles. The first-order valence-electron chi connectivity index (χ1n) is 8.60. The molecular formula is C19H15FN2O4S. The first-order chi connectivity index (χ1) is 13.2. The topological polar surface area (TPSA) is 64.8 Å². The fraction of sp³-hybridized carbons (Fsp3) is 0.263. The molecule has 5 rings (SSSR count). The summed E-state index contributed by atoms with van der Waals surface area (Å²) in [5.74, 6) is 1.45. The molecule has 0 aliphatic carbocycles. The smallest absolute Gasteiger partial charge is 0.268 e. The van der Waals surface area contributed by atoms with Gasteiger partial charge in [0.15, 0.2) is 11.5 Å². The highest BCUT2D eigenvalue weighted by molar-refractivity contribution is 7.12. The predicted octanol–water partition coefficient (Wildman–Crippen LogP) is 3.51. The minimum absolute atomic E-state index is 0.108. The number of hydrogen-bond acceptors (Lipinski definition) is 6. The fourth-order valence-electron chi connectivity index (χ4n) is 3.40. The second-order valence-corrected chi connectivity index (χ2v) is 7.25. The number of aromatic nitrogens is 1. The molecule has 27 heavy (non-hydrogen) atoms. The van der Waals surface area contributed by atoms with Crippen molar-refractivity contribution in [1.29, 1.82) is 0 Å². The molecule has 1 aromatic carbocycles.